The molecule has 4 aliphatic rings. The minimum Gasteiger partial charge on any atom is -0.444 e. The maximum absolute atomic E-state index is 12.5. The van der Waals surface area contributed by atoms with Crippen molar-refractivity contribution in [1.29, 1.82) is 0 Å². The number of nitrogens with zero attached hydrogens (tertiary/aromatic N) is 10. The Morgan fingerprint density at radius 2 is 0.809 bits per heavy atom. The largest absolute Gasteiger partial charge is 0.444 e. The van der Waals surface area contributed by atoms with Crippen molar-refractivity contribution in [2.24, 2.45) is 17.4 Å². The molecule has 0 atom stereocenters. The molecule has 4 fully saturated rings. The van der Waals surface area contributed by atoms with E-state index in [2.05, 4.69) is 55.8 Å². The summed E-state index contributed by atoms with van der Waals surface area (Å²) in [5.74, 6) is 1.08. The molecule has 8 rings (SSSR count). The second-order valence-corrected chi connectivity index (χ2v) is 25.6. The fraction of sp³-hybridized carbons (Fsp3) is 0.672. The number of carbonyl (C=O) groups is 3. The van der Waals surface area contributed by atoms with E-state index in [4.69, 9.17) is 43.8 Å². The first-order chi connectivity index (χ1) is 43.4. The lowest BCUT2D eigenvalue weighted by molar-refractivity contribution is -0.142. The van der Waals surface area contributed by atoms with Gasteiger partial charge in [-0.05, 0) is 140 Å². The zero-order valence-electron chi connectivity index (χ0n) is 55.2. The van der Waals surface area contributed by atoms with Gasteiger partial charge < -0.3 is 56.5 Å². The number of halogens is 14. The number of hydrogen-bond acceptors (Lipinski definition) is 19. The molecule has 0 unspecified atom stereocenters. The van der Waals surface area contributed by atoms with Crippen LogP contribution < -0.4 is 37.2 Å². The second kappa shape index (κ2) is 35.7. The van der Waals surface area contributed by atoms with Gasteiger partial charge in [0, 0.05) is 68.7 Å². The Kier molecular flexibility index (Phi) is 30.8. The van der Waals surface area contributed by atoms with Crippen LogP contribution in [0.5, 0.6) is 0 Å². The van der Waals surface area contributed by atoms with Gasteiger partial charge in [0.25, 0.3) is 0 Å². The van der Waals surface area contributed by atoms with Gasteiger partial charge in [0.1, 0.15) is 33.6 Å². The summed E-state index contributed by atoms with van der Waals surface area (Å²) in [6.07, 6.45) is -5.42. The first-order valence-electron chi connectivity index (χ1n) is 29.8. The predicted molar refractivity (Wildman–Crippen MR) is 321 cm³/mol. The van der Waals surface area contributed by atoms with Crippen molar-refractivity contribution in [1.82, 2.24) is 55.8 Å². The van der Waals surface area contributed by atoms with Crippen LogP contribution in [0.1, 0.15) is 157 Å². The number of hydrogen-bond donors (Lipinski definition) is 6. The summed E-state index contributed by atoms with van der Waals surface area (Å²) in [6.45, 7) is 19.7. The molecule has 4 heterocycles. The molecule has 36 heteroatoms. The van der Waals surface area contributed by atoms with E-state index in [0.29, 0.717) is 42.8 Å². The summed E-state index contributed by atoms with van der Waals surface area (Å²) < 4.78 is 178. The summed E-state index contributed by atoms with van der Waals surface area (Å²) in [5, 5.41) is 16.3. The molecule has 0 saturated heterocycles. The van der Waals surface area contributed by atoms with Crippen molar-refractivity contribution >= 4 is 41.5 Å². The number of alkyl carbamates (subject to hydrolysis) is 3. The van der Waals surface area contributed by atoms with Gasteiger partial charge in [0.2, 0.25) is 0 Å². The molecule has 4 aromatic rings. The van der Waals surface area contributed by atoms with Gasteiger partial charge >= 0.3 is 43.0 Å². The van der Waals surface area contributed by atoms with Crippen LogP contribution >= 0.6 is 11.6 Å². The fourth-order valence-corrected chi connectivity index (χ4v) is 8.32. The topological polar surface area (TPSA) is 297 Å². The van der Waals surface area contributed by atoms with Crippen molar-refractivity contribution in [3.63, 3.8) is 0 Å². The molecule has 0 aromatic carbocycles. The van der Waals surface area contributed by atoms with E-state index in [1.54, 1.807) is 74.4 Å². The van der Waals surface area contributed by atoms with E-state index in [0.717, 1.165) is 81.9 Å². The zero-order valence-corrected chi connectivity index (χ0v) is 55.0. The van der Waals surface area contributed by atoms with Gasteiger partial charge in [0.15, 0.2) is 22.8 Å². The number of ether oxygens (including phenoxy) is 3. The van der Waals surface area contributed by atoms with Crippen LogP contribution in [-0.4, -0.2) is 150 Å². The number of anilines is 2. The Labute approximate surface area is 543 Å². The third-order valence-corrected chi connectivity index (χ3v) is 13.1. The molecule has 532 valence electrons. The summed E-state index contributed by atoms with van der Waals surface area (Å²) in [6, 6.07) is 0.994. The van der Waals surface area contributed by atoms with Crippen molar-refractivity contribution < 1.29 is 92.1 Å². The predicted octanol–water partition coefficient (Wildman–Crippen LogP) is 11.9. The Bertz CT molecular complexity index is 2900. The number of rotatable bonds is 9. The molecular formula is C58H85ClF13N15O7. The molecule has 4 saturated carbocycles. The van der Waals surface area contributed by atoms with Gasteiger partial charge in [0.05, 0.1) is 57.6 Å². The maximum Gasteiger partial charge on any atom is 0.434 e. The number of carbonyl (C=O) groups excluding carboxylic acids is 3. The highest BCUT2D eigenvalue weighted by Crippen LogP contribution is 2.34. The minimum absolute atomic E-state index is 0.0188. The third kappa shape index (κ3) is 32.4. The van der Waals surface area contributed by atoms with E-state index in [9.17, 15) is 71.5 Å². The molecule has 0 spiro atoms. The lowest BCUT2D eigenvalue weighted by Gasteiger charge is -2.41. The number of amides is 3. The fourth-order valence-electron chi connectivity index (χ4n) is 8.23. The monoisotopic (exact) mass is 1390 g/mol. The summed E-state index contributed by atoms with van der Waals surface area (Å²) >= 11 is 5.22. The van der Waals surface area contributed by atoms with Crippen molar-refractivity contribution in [2.45, 2.75) is 224 Å². The highest BCUT2D eigenvalue weighted by molar-refractivity contribution is 6.29. The van der Waals surface area contributed by atoms with Crippen LogP contribution in [-0.2, 0) is 45.3 Å². The number of aliphatic hydroxyl groups is 1. The van der Waals surface area contributed by atoms with Gasteiger partial charge in [-0.2, -0.15) is 52.7 Å². The van der Waals surface area contributed by atoms with Crippen LogP contribution in [0.2, 0.25) is 5.15 Å². The van der Waals surface area contributed by atoms with Gasteiger partial charge in [-0.3, -0.25) is 9.37 Å². The molecule has 0 aliphatic heterocycles. The van der Waals surface area contributed by atoms with Crippen LogP contribution in [0, 0.1) is 5.92 Å². The van der Waals surface area contributed by atoms with Crippen molar-refractivity contribution in [2.75, 3.05) is 31.0 Å². The quantitative estimate of drug-likeness (QED) is 0.0670. The summed E-state index contributed by atoms with van der Waals surface area (Å²) in [5.41, 5.74) is 6.23. The number of alkyl halides is 13. The number of nitrogens with two attached hydrogens (primary N) is 2. The number of aromatic nitrogens is 8. The molecular weight excluding hydrogens is 1300 g/mol. The summed E-state index contributed by atoms with van der Waals surface area (Å²) in [4.78, 5) is 65.9. The van der Waals surface area contributed by atoms with Crippen molar-refractivity contribution in [3.05, 3.63) is 83.2 Å². The smallest absolute Gasteiger partial charge is 0.434 e. The zero-order chi connectivity index (χ0) is 72.8. The first-order valence-corrected chi connectivity index (χ1v) is 29.5. The lowest BCUT2D eigenvalue weighted by atomic mass is 9.77. The summed E-state index contributed by atoms with van der Waals surface area (Å²) in [7, 11) is 2.53. The Morgan fingerprint density at radius 3 is 1.07 bits per heavy atom. The van der Waals surface area contributed by atoms with Crippen LogP contribution in [0.4, 0.5) is 83.1 Å². The molecule has 8 N–H and O–H groups in total. The standard InChI is InChI=1S/C15H21F3N4O2.C15H20F3N3O2.C10H13F3N4.C9H18N2O2.C5H2ClF3N2.C3H8O.CH3F/c1-14(2,3)24-13(23)21-9-5-10(6-9)22(4)12-8-19-11(7-20-12)15(16,17)18;1-14(2,3)23-13(22)21-10-4-9(5-10)6-11-7-20-12(8-19-11)15(16,17)18;1-17(7-2-6(14)3-7)9-5-15-8(4-16-9)10(11,12)13;1-9(2,3)13-8(12)11-7-4-6(10)5-7;6-4-2-10-3(1-11-4)5(7,8)9;1-3(2)4;1-2/h7-10H,5-6H2,1-4H3,(H,21,23);7-10H,4-6H2,1-3H3,(H,21,22);4-7H,2-3,14H2,1H3;6-7H,4-5,10H2,1-3H3,(H,11,12);1-2H;3-4H,1-2H3;1H3/i;;;;;;1D. The van der Waals surface area contributed by atoms with E-state index in [-0.39, 0.29) is 65.6 Å². The number of nitrogens with one attached hydrogen (secondary N) is 3. The SMILES string of the molecule is CC(C)(C)OC(=O)NC1CC(Cc2cnc(C(F)(F)F)cn2)C1.CC(C)(C)OC(=O)NC1CC(N)C1.CC(C)O.CN(c1cnc(C(F)(F)F)cn1)C1CC(N)C1.CN(c1cnc(C(F)(F)F)cn1)C1CC(NC(=O)OC(C)(C)C)C1.FC(F)(F)c1cnc(Cl)cn1.[2H]CF. The molecule has 4 aliphatic carbocycles. The Hall–Kier alpha value is -7.01. The van der Waals surface area contributed by atoms with Gasteiger partial charge in [-0.15, -0.1) is 0 Å². The Morgan fingerprint density at radius 1 is 0.521 bits per heavy atom. The minimum atomic E-state index is -4.50. The highest BCUT2D eigenvalue weighted by Gasteiger charge is 2.39. The average molecular weight is 1390 g/mol. The Balaban J connectivity index is 0.000000403. The molecule has 3 amide bonds. The van der Waals surface area contributed by atoms with E-state index in [1.807, 2.05) is 25.7 Å². The molecule has 0 bridgehead atoms. The lowest BCUT2D eigenvalue weighted by Crippen LogP contribution is -2.53. The van der Waals surface area contributed by atoms with Crippen molar-refractivity contribution in [3.8, 4) is 0 Å². The molecule has 0 radical (unpaired) electrons. The second-order valence-electron chi connectivity index (χ2n) is 25.3. The van der Waals surface area contributed by atoms with Crippen LogP contribution in [0.15, 0.2) is 49.6 Å². The molecule has 4 aromatic heterocycles. The van der Waals surface area contributed by atoms with E-state index in [1.165, 1.54) is 0 Å². The van der Waals surface area contributed by atoms with Gasteiger partial charge in [-0.25, -0.2) is 49.3 Å². The van der Waals surface area contributed by atoms with Gasteiger partial charge in [-0.1, -0.05) is 11.6 Å². The number of aliphatic hydroxyl groups excluding tert-OH is 1. The van der Waals surface area contributed by atoms with E-state index >= 15 is 0 Å². The average Bonchev–Trinajstić information content (AvgIpc) is 0.825. The third-order valence-electron chi connectivity index (χ3n) is 12.9. The highest BCUT2D eigenvalue weighted by atomic mass is 35.5. The molecule has 22 nitrogen and oxygen atoms in total. The molecule has 94 heavy (non-hydrogen) atoms. The first kappa shape index (κ1) is 81.2. The normalized spacial score (nSPS) is 20.8. The maximum atomic E-state index is 12.5. The van der Waals surface area contributed by atoms with E-state index < -0.39 is 83.6 Å². The van der Waals surface area contributed by atoms with Crippen LogP contribution in [0.3, 0.4) is 0 Å². The van der Waals surface area contributed by atoms with Crippen LogP contribution in [0.25, 0.3) is 0 Å².